The number of ether oxygens (including phenoxy) is 1. The first-order chi connectivity index (χ1) is 15.7. The van der Waals surface area contributed by atoms with Crippen LogP contribution in [0.3, 0.4) is 0 Å². The summed E-state index contributed by atoms with van der Waals surface area (Å²) in [6.45, 7) is 3.90. The van der Waals surface area contributed by atoms with Gasteiger partial charge in [0.25, 0.3) is 0 Å². The van der Waals surface area contributed by atoms with E-state index >= 15 is 0 Å². The second kappa shape index (κ2) is 11.3. The second-order valence-electron chi connectivity index (χ2n) is 7.67. The topological polar surface area (TPSA) is 26.3 Å². The molecule has 4 heteroatoms. The number of carbonyl (C=O) groups excluding carboxylic acids is 1. The predicted octanol–water partition coefficient (Wildman–Crippen LogP) is 7.61. The van der Waals surface area contributed by atoms with Crippen molar-refractivity contribution >= 4 is 51.0 Å². The summed E-state index contributed by atoms with van der Waals surface area (Å²) in [6.07, 6.45) is 2.06. The van der Waals surface area contributed by atoms with Gasteiger partial charge in [0.2, 0.25) is 0 Å². The highest BCUT2D eigenvalue weighted by Crippen LogP contribution is 2.30. The Morgan fingerprint density at radius 1 is 0.781 bits per heavy atom. The molecular weight excluding hydrogens is 432 g/mol. The van der Waals surface area contributed by atoms with Crippen molar-refractivity contribution in [1.82, 2.24) is 0 Å². The Balaban J connectivity index is 1.40. The van der Waals surface area contributed by atoms with Gasteiger partial charge in [-0.2, -0.15) is 0 Å². The standard InChI is InChI=1S/C28H26O2S2/c1-2-28(29)30-16-15-21(19-31-26-13-11-22-7-3-5-9-24(22)17-26)20-32-27-14-12-23-8-4-6-10-25(23)18-27/h2-14,17-18,21H,1,15-16,19-20H2. The van der Waals surface area contributed by atoms with Gasteiger partial charge in [-0.3, -0.25) is 0 Å². The van der Waals surface area contributed by atoms with Crippen molar-refractivity contribution in [1.29, 1.82) is 0 Å². The second-order valence-corrected chi connectivity index (χ2v) is 9.85. The fourth-order valence-electron chi connectivity index (χ4n) is 3.54. The lowest BCUT2D eigenvalue weighted by Gasteiger charge is -2.17. The first-order valence-electron chi connectivity index (χ1n) is 10.7. The molecule has 0 aliphatic carbocycles. The van der Waals surface area contributed by atoms with Crippen LogP contribution in [0.4, 0.5) is 0 Å². The zero-order valence-corrected chi connectivity index (χ0v) is 19.5. The van der Waals surface area contributed by atoms with Crippen molar-refractivity contribution < 1.29 is 9.53 Å². The van der Waals surface area contributed by atoms with E-state index in [-0.39, 0.29) is 5.97 Å². The average molecular weight is 459 g/mol. The van der Waals surface area contributed by atoms with Crippen LogP contribution in [0.25, 0.3) is 21.5 Å². The monoisotopic (exact) mass is 458 g/mol. The number of hydrogen-bond acceptors (Lipinski definition) is 4. The van der Waals surface area contributed by atoms with E-state index < -0.39 is 0 Å². The molecule has 0 fully saturated rings. The molecule has 4 rings (SSSR count). The Morgan fingerprint density at radius 2 is 1.28 bits per heavy atom. The molecule has 32 heavy (non-hydrogen) atoms. The quantitative estimate of drug-likeness (QED) is 0.139. The lowest BCUT2D eigenvalue weighted by molar-refractivity contribution is -0.138. The summed E-state index contributed by atoms with van der Waals surface area (Å²) in [6, 6.07) is 30.1. The maximum atomic E-state index is 11.5. The number of fused-ring (bicyclic) bond motifs is 2. The minimum Gasteiger partial charge on any atom is -0.463 e. The molecule has 0 aliphatic heterocycles. The summed E-state index contributed by atoms with van der Waals surface area (Å²) in [5.41, 5.74) is 0. The lowest BCUT2D eigenvalue weighted by atomic mass is 10.1. The first kappa shape index (κ1) is 22.5. The van der Waals surface area contributed by atoms with Gasteiger partial charge in [-0.25, -0.2) is 4.79 Å². The predicted molar refractivity (Wildman–Crippen MR) is 139 cm³/mol. The minimum absolute atomic E-state index is 0.354. The van der Waals surface area contributed by atoms with E-state index in [4.69, 9.17) is 4.74 Å². The van der Waals surface area contributed by atoms with Gasteiger partial charge in [0, 0.05) is 27.4 Å². The third kappa shape index (κ3) is 6.18. The SMILES string of the molecule is C=CC(=O)OCCC(CSc1ccc2ccccc2c1)CSc1ccc2ccccc2c1. The molecule has 0 amide bonds. The van der Waals surface area contributed by atoms with Crippen molar-refractivity contribution in [3.63, 3.8) is 0 Å². The van der Waals surface area contributed by atoms with Gasteiger partial charge >= 0.3 is 5.97 Å². The number of thioether (sulfide) groups is 2. The number of carbonyl (C=O) groups is 1. The molecule has 0 radical (unpaired) electrons. The highest BCUT2D eigenvalue weighted by Gasteiger charge is 2.12. The number of rotatable bonds is 10. The van der Waals surface area contributed by atoms with Crippen LogP contribution in [0.15, 0.2) is 107 Å². The molecule has 2 nitrogen and oxygen atoms in total. The molecule has 0 atom stereocenters. The lowest BCUT2D eigenvalue weighted by Crippen LogP contribution is -2.13. The third-order valence-electron chi connectivity index (χ3n) is 5.35. The molecule has 0 spiro atoms. The van der Waals surface area contributed by atoms with E-state index in [0.717, 1.165) is 17.9 Å². The van der Waals surface area contributed by atoms with Crippen molar-refractivity contribution in [2.24, 2.45) is 5.92 Å². The summed E-state index contributed by atoms with van der Waals surface area (Å²) < 4.78 is 5.27. The van der Waals surface area contributed by atoms with Crippen LogP contribution in [-0.4, -0.2) is 24.1 Å². The Bertz CT molecular complexity index is 1130. The largest absolute Gasteiger partial charge is 0.463 e. The molecule has 0 saturated heterocycles. The van der Waals surface area contributed by atoms with E-state index in [1.807, 2.05) is 23.5 Å². The fraction of sp³-hybridized carbons (Fsp3) is 0.179. The molecular formula is C28H26O2S2. The summed E-state index contributed by atoms with van der Waals surface area (Å²) >= 11 is 3.74. The Morgan fingerprint density at radius 3 is 1.78 bits per heavy atom. The van der Waals surface area contributed by atoms with Gasteiger partial charge in [0.15, 0.2) is 0 Å². The fourth-order valence-corrected chi connectivity index (χ4v) is 5.87. The highest BCUT2D eigenvalue weighted by molar-refractivity contribution is 8.00. The third-order valence-corrected chi connectivity index (χ3v) is 7.80. The molecule has 0 N–H and O–H groups in total. The molecule has 0 aliphatic rings. The maximum Gasteiger partial charge on any atom is 0.330 e. The summed E-state index contributed by atoms with van der Waals surface area (Å²) in [7, 11) is 0. The van der Waals surface area contributed by atoms with Crippen molar-refractivity contribution in [3.8, 4) is 0 Å². The number of hydrogen-bond donors (Lipinski definition) is 0. The van der Waals surface area contributed by atoms with E-state index in [0.29, 0.717) is 12.5 Å². The Kier molecular flexibility index (Phi) is 7.92. The van der Waals surface area contributed by atoms with Crippen LogP contribution in [0.5, 0.6) is 0 Å². The van der Waals surface area contributed by atoms with E-state index in [1.165, 1.54) is 37.4 Å². The highest BCUT2D eigenvalue weighted by atomic mass is 32.2. The molecule has 162 valence electrons. The van der Waals surface area contributed by atoms with E-state index in [2.05, 4.69) is 91.5 Å². The molecule has 0 unspecified atom stereocenters. The van der Waals surface area contributed by atoms with Crippen LogP contribution in [0.2, 0.25) is 0 Å². The molecule has 0 saturated carbocycles. The van der Waals surface area contributed by atoms with Gasteiger partial charge in [-0.15, -0.1) is 23.5 Å². The average Bonchev–Trinajstić information content (AvgIpc) is 2.84. The van der Waals surface area contributed by atoms with Gasteiger partial charge in [0.05, 0.1) is 6.61 Å². The molecule has 4 aromatic rings. The van der Waals surface area contributed by atoms with Crippen molar-refractivity contribution in [3.05, 3.63) is 97.6 Å². The van der Waals surface area contributed by atoms with Crippen LogP contribution in [-0.2, 0) is 9.53 Å². The van der Waals surface area contributed by atoms with Crippen LogP contribution < -0.4 is 0 Å². The molecule has 0 bridgehead atoms. The first-order valence-corrected chi connectivity index (χ1v) is 12.7. The minimum atomic E-state index is -0.354. The summed E-state index contributed by atoms with van der Waals surface area (Å²) in [4.78, 5) is 14.0. The van der Waals surface area contributed by atoms with Gasteiger partial charge in [-0.1, -0.05) is 67.2 Å². The molecule has 4 aromatic carbocycles. The van der Waals surface area contributed by atoms with E-state index in [1.54, 1.807) is 0 Å². The zero-order valence-electron chi connectivity index (χ0n) is 17.9. The Labute approximate surface area is 198 Å². The maximum absolute atomic E-state index is 11.5. The van der Waals surface area contributed by atoms with Crippen LogP contribution in [0, 0.1) is 5.92 Å². The number of esters is 1. The number of benzene rings is 4. The normalized spacial score (nSPS) is 11.2. The van der Waals surface area contributed by atoms with Gasteiger partial charge in [-0.05, 0) is 58.1 Å². The molecule has 0 aromatic heterocycles. The smallest absolute Gasteiger partial charge is 0.330 e. The Hall–Kier alpha value is -2.69. The van der Waals surface area contributed by atoms with Crippen molar-refractivity contribution in [2.45, 2.75) is 16.2 Å². The van der Waals surface area contributed by atoms with E-state index in [9.17, 15) is 4.79 Å². The van der Waals surface area contributed by atoms with Gasteiger partial charge < -0.3 is 4.74 Å². The van der Waals surface area contributed by atoms with Crippen molar-refractivity contribution in [2.75, 3.05) is 18.1 Å². The summed E-state index contributed by atoms with van der Waals surface area (Å²) in [5.74, 6) is 2.02. The van der Waals surface area contributed by atoms with Gasteiger partial charge in [0.1, 0.15) is 0 Å². The molecule has 0 heterocycles. The summed E-state index contributed by atoms with van der Waals surface area (Å²) in [5, 5.41) is 5.05. The van der Waals surface area contributed by atoms with Crippen LogP contribution >= 0.6 is 23.5 Å². The zero-order chi connectivity index (χ0) is 22.2. The van der Waals surface area contributed by atoms with Crippen LogP contribution in [0.1, 0.15) is 6.42 Å².